The Kier molecular flexibility index (Phi) is 4.72. The molecule has 0 saturated heterocycles. The zero-order chi connectivity index (χ0) is 13.2. The minimum atomic E-state index is 0.0111. The van der Waals surface area contributed by atoms with E-state index in [0.717, 1.165) is 29.2 Å². The third kappa shape index (κ3) is 3.28. The van der Waals surface area contributed by atoms with E-state index in [4.69, 9.17) is 12.2 Å². The van der Waals surface area contributed by atoms with Crippen molar-refractivity contribution < 1.29 is 0 Å². The summed E-state index contributed by atoms with van der Waals surface area (Å²) in [7, 11) is 0. The van der Waals surface area contributed by atoms with E-state index >= 15 is 0 Å². The standard InChI is InChI=1S/C12H20BrN3S/c1-6-16(7-2)11-14-9(12(3,4)5)8(13)10(17)15-11/h6-7H2,1-5H3,(H,14,15,17). The highest BCUT2D eigenvalue weighted by molar-refractivity contribution is 9.10. The molecule has 0 aliphatic carbocycles. The summed E-state index contributed by atoms with van der Waals surface area (Å²) in [4.78, 5) is 9.99. The van der Waals surface area contributed by atoms with Gasteiger partial charge in [0.1, 0.15) is 4.64 Å². The van der Waals surface area contributed by atoms with Gasteiger partial charge in [0.05, 0.1) is 4.47 Å². The summed E-state index contributed by atoms with van der Waals surface area (Å²) in [6.45, 7) is 12.5. The van der Waals surface area contributed by atoms with E-state index in [1.54, 1.807) is 0 Å². The Morgan fingerprint density at radius 3 is 2.24 bits per heavy atom. The van der Waals surface area contributed by atoms with Crippen molar-refractivity contribution in [3.05, 3.63) is 14.8 Å². The summed E-state index contributed by atoms with van der Waals surface area (Å²) in [5.74, 6) is 0.855. The Labute approximate surface area is 117 Å². The molecule has 0 aliphatic heterocycles. The molecule has 0 fully saturated rings. The van der Waals surface area contributed by atoms with Gasteiger partial charge in [0.15, 0.2) is 0 Å². The van der Waals surface area contributed by atoms with Crippen molar-refractivity contribution in [2.24, 2.45) is 0 Å². The fourth-order valence-corrected chi connectivity index (χ4v) is 2.61. The fraction of sp³-hybridized carbons (Fsp3) is 0.667. The Morgan fingerprint density at radius 1 is 1.29 bits per heavy atom. The second-order valence-electron chi connectivity index (χ2n) is 4.98. The third-order valence-electron chi connectivity index (χ3n) is 2.66. The molecule has 17 heavy (non-hydrogen) atoms. The van der Waals surface area contributed by atoms with Crippen LogP contribution in [-0.4, -0.2) is 23.1 Å². The van der Waals surface area contributed by atoms with Crippen LogP contribution in [0.2, 0.25) is 0 Å². The van der Waals surface area contributed by atoms with Crippen molar-refractivity contribution in [1.29, 1.82) is 0 Å². The predicted octanol–water partition coefficient (Wildman–Crippen LogP) is 4.05. The first-order valence-electron chi connectivity index (χ1n) is 5.86. The molecule has 0 bridgehead atoms. The van der Waals surface area contributed by atoms with Gasteiger partial charge in [-0.1, -0.05) is 33.0 Å². The minimum absolute atomic E-state index is 0.0111. The highest BCUT2D eigenvalue weighted by atomic mass is 79.9. The molecule has 1 aromatic heterocycles. The van der Waals surface area contributed by atoms with E-state index in [-0.39, 0.29) is 5.41 Å². The average molecular weight is 318 g/mol. The van der Waals surface area contributed by atoms with Gasteiger partial charge in [-0.25, -0.2) is 4.98 Å². The van der Waals surface area contributed by atoms with Crippen LogP contribution in [-0.2, 0) is 5.41 Å². The Hall–Kier alpha value is -0.420. The molecule has 0 saturated carbocycles. The van der Waals surface area contributed by atoms with Crippen LogP contribution in [0, 0.1) is 4.64 Å². The molecule has 1 rings (SSSR count). The van der Waals surface area contributed by atoms with Crippen LogP contribution >= 0.6 is 28.1 Å². The highest BCUT2D eigenvalue weighted by Crippen LogP contribution is 2.29. The molecule has 96 valence electrons. The van der Waals surface area contributed by atoms with E-state index in [9.17, 15) is 0 Å². The monoisotopic (exact) mass is 317 g/mol. The van der Waals surface area contributed by atoms with Crippen LogP contribution in [0.25, 0.3) is 0 Å². The van der Waals surface area contributed by atoms with Crippen molar-refractivity contribution in [3.8, 4) is 0 Å². The fourth-order valence-electron chi connectivity index (χ4n) is 1.64. The summed E-state index contributed by atoms with van der Waals surface area (Å²) in [5.41, 5.74) is 1.11. The maximum Gasteiger partial charge on any atom is 0.204 e. The lowest BCUT2D eigenvalue weighted by Gasteiger charge is -2.25. The first kappa shape index (κ1) is 14.6. The number of nitrogens with zero attached hydrogens (tertiary/aromatic N) is 2. The van der Waals surface area contributed by atoms with Crippen LogP contribution in [0.1, 0.15) is 40.3 Å². The van der Waals surface area contributed by atoms with E-state index in [2.05, 4.69) is 65.4 Å². The maximum absolute atomic E-state index is 5.31. The number of hydrogen-bond donors (Lipinski definition) is 1. The van der Waals surface area contributed by atoms with E-state index < -0.39 is 0 Å². The molecule has 0 radical (unpaired) electrons. The molecule has 0 amide bonds. The number of hydrogen-bond acceptors (Lipinski definition) is 3. The normalized spacial score (nSPS) is 11.6. The van der Waals surface area contributed by atoms with Gasteiger partial charge >= 0.3 is 0 Å². The molecule has 1 heterocycles. The lowest BCUT2D eigenvalue weighted by Crippen LogP contribution is -2.26. The summed E-state index contributed by atoms with van der Waals surface area (Å²) < 4.78 is 1.52. The number of rotatable bonds is 3. The number of halogens is 1. The van der Waals surface area contributed by atoms with E-state index in [0.29, 0.717) is 4.64 Å². The van der Waals surface area contributed by atoms with Gasteiger partial charge in [-0.05, 0) is 29.8 Å². The van der Waals surface area contributed by atoms with Crippen molar-refractivity contribution in [2.75, 3.05) is 18.0 Å². The topological polar surface area (TPSA) is 31.9 Å². The summed E-state index contributed by atoms with van der Waals surface area (Å²) in [5, 5.41) is 0. The lowest BCUT2D eigenvalue weighted by molar-refractivity contribution is 0.561. The minimum Gasteiger partial charge on any atom is -0.343 e. The number of anilines is 1. The number of aromatic amines is 1. The van der Waals surface area contributed by atoms with Gasteiger partial charge in [0, 0.05) is 24.2 Å². The molecule has 1 aromatic rings. The third-order valence-corrected chi connectivity index (χ3v) is 3.99. The highest BCUT2D eigenvalue weighted by Gasteiger charge is 2.21. The Morgan fingerprint density at radius 2 is 1.82 bits per heavy atom. The number of aromatic nitrogens is 2. The molecule has 5 heteroatoms. The molecule has 0 spiro atoms. The largest absolute Gasteiger partial charge is 0.343 e. The lowest BCUT2D eigenvalue weighted by atomic mass is 9.92. The van der Waals surface area contributed by atoms with Gasteiger partial charge in [0.2, 0.25) is 5.95 Å². The van der Waals surface area contributed by atoms with E-state index in [1.165, 1.54) is 0 Å². The summed E-state index contributed by atoms with van der Waals surface area (Å²) >= 11 is 8.83. The molecule has 0 atom stereocenters. The summed E-state index contributed by atoms with van der Waals surface area (Å²) in [6, 6.07) is 0. The molecule has 0 aromatic carbocycles. The van der Waals surface area contributed by atoms with Crippen molar-refractivity contribution >= 4 is 34.1 Å². The molecule has 0 aliphatic rings. The van der Waals surface area contributed by atoms with Crippen LogP contribution in [0.4, 0.5) is 5.95 Å². The van der Waals surface area contributed by atoms with E-state index in [1.807, 2.05) is 0 Å². The van der Waals surface area contributed by atoms with Gasteiger partial charge < -0.3 is 9.88 Å². The smallest absolute Gasteiger partial charge is 0.204 e. The quantitative estimate of drug-likeness (QED) is 0.854. The average Bonchev–Trinajstić information content (AvgIpc) is 2.23. The van der Waals surface area contributed by atoms with Gasteiger partial charge in [-0.2, -0.15) is 0 Å². The first-order valence-corrected chi connectivity index (χ1v) is 7.06. The molecular formula is C12H20BrN3S. The molecular weight excluding hydrogens is 298 g/mol. The van der Waals surface area contributed by atoms with Crippen LogP contribution in [0.5, 0.6) is 0 Å². The number of H-pyrrole nitrogens is 1. The SMILES string of the molecule is CCN(CC)c1nc(=S)c(Br)c(C(C)(C)C)[nH]1. The van der Waals surface area contributed by atoms with Crippen molar-refractivity contribution in [1.82, 2.24) is 9.97 Å². The maximum atomic E-state index is 5.31. The van der Waals surface area contributed by atoms with Gasteiger partial charge in [-0.15, -0.1) is 0 Å². The number of nitrogens with one attached hydrogen (secondary N) is 1. The van der Waals surface area contributed by atoms with Crippen LogP contribution in [0.15, 0.2) is 4.47 Å². The van der Waals surface area contributed by atoms with Gasteiger partial charge in [-0.3, -0.25) is 0 Å². The molecule has 3 nitrogen and oxygen atoms in total. The van der Waals surface area contributed by atoms with Crippen molar-refractivity contribution in [2.45, 2.75) is 40.0 Å². The second-order valence-corrected chi connectivity index (χ2v) is 6.16. The first-order chi connectivity index (χ1) is 7.81. The zero-order valence-corrected chi connectivity index (χ0v) is 13.5. The van der Waals surface area contributed by atoms with Gasteiger partial charge in [0.25, 0.3) is 0 Å². The van der Waals surface area contributed by atoms with Crippen LogP contribution < -0.4 is 4.90 Å². The van der Waals surface area contributed by atoms with Crippen molar-refractivity contribution in [3.63, 3.8) is 0 Å². The summed E-state index contributed by atoms with van der Waals surface area (Å²) in [6.07, 6.45) is 0. The Bertz CT molecular complexity index is 444. The predicted molar refractivity (Wildman–Crippen MR) is 79.4 cm³/mol. The van der Waals surface area contributed by atoms with Crippen LogP contribution in [0.3, 0.4) is 0 Å². The molecule has 0 unspecified atom stereocenters. The second kappa shape index (κ2) is 5.48. The molecule has 1 N–H and O–H groups in total. The zero-order valence-electron chi connectivity index (χ0n) is 11.1. The Balaban J connectivity index is 3.39.